The SMILES string of the molecule is Cc1nc(NCCN(C)C)nc(NC2CCC(CO)C2)c1C1=NC2=C(CCC=C2)CS1. The van der Waals surface area contributed by atoms with Crippen LogP contribution in [-0.4, -0.2) is 70.6 Å². The number of hydrogen-bond acceptors (Lipinski definition) is 8. The van der Waals surface area contributed by atoms with Crippen molar-refractivity contribution in [1.29, 1.82) is 0 Å². The summed E-state index contributed by atoms with van der Waals surface area (Å²) in [6, 6.07) is 0.318. The summed E-state index contributed by atoms with van der Waals surface area (Å²) >= 11 is 1.79. The van der Waals surface area contributed by atoms with Crippen LogP contribution in [0.3, 0.4) is 0 Å². The van der Waals surface area contributed by atoms with E-state index in [0.717, 1.165) is 78.8 Å². The smallest absolute Gasteiger partial charge is 0.224 e. The molecule has 2 atom stereocenters. The summed E-state index contributed by atoms with van der Waals surface area (Å²) in [5, 5.41) is 17.6. The Morgan fingerprint density at radius 1 is 1.26 bits per heavy atom. The molecular formula is C23H34N6OS. The minimum absolute atomic E-state index is 0.261. The first-order valence-electron chi connectivity index (χ1n) is 11.3. The van der Waals surface area contributed by atoms with E-state index in [4.69, 9.17) is 15.0 Å². The van der Waals surface area contributed by atoms with Gasteiger partial charge in [-0.1, -0.05) is 6.08 Å². The monoisotopic (exact) mass is 442 g/mol. The van der Waals surface area contributed by atoms with Gasteiger partial charge in [-0.15, -0.1) is 11.8 Å². The van der Waals surface area contributed by atoms with E-state index in [-0.39, 0.29) is 6.61 Å². The third kappa shape index (κ3) is 5.48. The van der Waals surface area contributed by atoms with Gasteiger partial charge in [-0.2, -0.15) is 4.98 Å². The van der Waals surface area contributed by atoms with Crippen molar-refractivity contribution in [2.45, 2.75) is 45.1 Å². The molecule has 0 aromatic carbocycles. The molecule has 1 aromatic rings. The molecule has 0 saturated heterocycles. The maximum Gasteiger partial charge on any atom is 0.224 e. The molecule has 0 radical (unpaired) electrons. The Kier molecular flexibility index (Phi) is 7.30. The molecule has 0 amide bonds. The number of allylic oxidation sites excluding steroid dienone is 2. The number of aliphatic hydroxyl groups is 1. The fraction of sp³-hybridized carbons (Fsp3) is 0.609. The van der Waals surface area contributed by atoms with E-state index in [0.29, 0.717) is 17.9 Å². The third-order valence-electron chi connectivity index (χ3n) is 6.14. The fourth-order valence-corrected chi connectivity index (χ4v) is 5.51. The fourth-order valence-electron chi connectivity index (χ4n) is 4.36. The van der Waals surface area contributed by atoms with Crippen molar-refractivity contribution in [1.82, 2.24) is 14.9 Å². The van der Waals surface area contributed by atoms with Gasteiger partial charge < -0.3 is 20.6 Å². The van der Waals surface area contributed by atoms with Crippen LogP contribution in [0.25, 0.3) is 0 Å². The molecule has 1 saturated carbocycles. The summed E-state index contributed by atoms with van der Waals surface area (Å²) in [7, 11) is 4.12. The second kappa shape index (κ2) is 10.1. The first-order valence-corrected chi connectivity index (χ1v) is 12.3. The van der Waals surface area contributed by atoms with Crippen LogP contribution in [0.5, 0.6) is 0 Å². The summed E-state index contributed by atoms with van der Waals surface area (Å²) in [5.41, 5.74) is 4.51. The first kappa shape index (κ1) is 22.3. The lowest BCUT2D eigenvalue weighted by Gasteiger charge is -2.23. The zero-order chi connectivity index (χ0) is 21.8. The van der Waals surface area contributed by atoms with Gasteiger partial charge in [0.1, 0.15) is 10.9 Å². The lowest BCUT2D eigenvalue weighted by molar-refractivity contribution is 0.229. The second-order valence-electron chi connectivity index (χ2n) is 8.92. The molecule has 0 spiro atoms. The van der Waals surface area contributed by atoms with Gasteiger partial charge >= 0.3 is 0 Å². The van der Waals surface area contributed by atoms with Crippen LogP contribution in [-0.2, 0) is 0 Å². The van der Waals surface area contributed by atoms with Gasteiger partial charge in [0.25, 0.3) is 0 Å². The quantitative estimate of drug-likeness (QED) is 0.569. The predicted molar refractivity (Wildman–Crippen MR) is 130 cm³/mol. The maximum atomic E-state index is 9.55. The number of nitrogens with one attached hydrogen (secondary N) is 2. The maximum absolute atomic E-state index is 9.55. The number of anilines is 2. The summed E-state index contributed by atoms with van der Waals surface area (Å²) < 4.78 is 0. The zero-order valence-corrected chi connectivity index (χ0v) is 19.6. The highest BCUT2D eigenvalue weighted by atomic mass is 32.2. The average molecular weight is 443 g/mol. The Morgan fingerprint density at radius 3 is 2.90 bits per heavy atom. The molecule has 0 bridgehead atoms. The minimum atomic E-state index is 0.261. The molecule has 31 heavy (non-hydrogen) atoms. The molecular weight excluding hydrogens is 408 g/mol. The Bertz CT molecular complexity index is 894. The van der Waals surface area contributed by atoms with E-state index in [1.807, 2.05) is 6.92 Å². The summed E-state index contributed by atoms with van der Waals surface area (Å²) in [6.07, 6.45) is 9.66. The molecule has 1 aromatic heterocycles. The van der Waals surface area contributed by atoms with Crippen LogP contribution in [0.4, 0.5) is 11.8 Å². The van der Waals surface area contributed by atoms with Gasteiger partial charge in [-0.25, -0.2) is 9.98 Å². The minimum Gasteiger partial charge on any atom is -0.396 e. The van der Waals surface area contributed by atoms with E-state index in [2.05, 4.69) is 41.8 Å². The highest BCUT2D eigenvalue weighted by Gasteiger charge is 2.28. The number of hydrogen-bond donors (Lipinski definition) is 3. The summed E-state index contributed by atoms with van der Waals surface area (Å²) in [5.74, 6) is 2.87. The van der Waals surface area contributed by atoms with Crippen LogP contribution in [0.1, 0.15) is 43.4 Å². The van der Waals surface area contributed by atoms with Crippen LogP contribution in [0.15, 0.2) is 28.4 Å². The molecule has 1 aliphatic heterocycles. The Labute approximate surface area is 189 Å². The third-order valence-corrected chi connectivity index (χ3v) is 7.20. The van der Waals surface area contributed by atoms with Gasteiger partial charge in [0.2, 0.25) is 5.95 Å². The number of aromatic nitrogens is 2. The van der Waals surface area contributed by atoms with Gasteiger partial charge in [0, 0.05) is 31.5 Å². The van der Waals surface area contributed by atoms with E-state index < -0.39 is 0 Å². The number of rotatable bonds is 8. The Balaban J connectivity index is 1.63. The van der Waals surface area contributed by atoms with Gasteiger partial charge in [0.05, 0.1) is 17.0 Å². The van der Waals surface area contributed by atoms with Gasteiger partial charge in [0.15, 0.2) is 0 Å². The highest BCUT2D eigenvalue weighted by molar-refractivity contribution is 8.14. The second-order valence-corrected chi connectivity index (χ2v) is 9.89. The van der Waals surface area contributed by atoms with E-state index in [1.54, 1.807) is 11.8 Å². The number of aliphatic imine (C=N–C) groups is 1. The molecule has 7 nitrogen and oxygen atoms in total. The molecule has 2 unspecified atom stereocenters. The summed E-state index contributed by atoms with van der Waals surface area (Å²) in [4.78, 5) is 16.8. The molecule has 2 heterocycles. The molecule has 168 valence electrons. The number of nitrogens with zero attached hydrogens (tertiary/aromatic N) is 4. The van der Waals surface area contributed by atoms with Crippen molar-refractivity contribution in [2.75, 3.05) is 50.2 Å². The van der Waals surface area contributed by atoms with Crippen molar-refractivity contribution in [2.24, 2.45) is 10.9 Å². The molecule has 3 aliphatic rings. The van der Waals surface area contributed by atoms with E-state index in [9.17, 15) is 5.11 Å². The first-order chi connectivity index (χ1) is 15.0. The standard InChI is InChI=1S/C23H34N6OS/c1-15-20(22-27-19-7-5-4-6-17(19)14-31-22)21(26-18-9-8-16(12-18)13-30)28-23(25-15)24-10-11-29(2)3/h5,7,16,18,30H,4,6,8-14H2,1-3H3,(H2,24,25,26,28). The normalized spacial score (nSPS) is 23.2. The van der Waals surface area contributed by atoms with Crippen molar-refractivity contribution in [3.63, 3.8) is 0 Å². The molecule has 3 N–H and O–H groups in total. The lowest BCUT2D eigenvalue weighted by Crippen LogP contribution is -2.24. The van der Waals surface area contributed by atoms with Crippen LogP contribution >= 0.6 is 11.8 Å². The predicted octanol–water partition coefficient (Wildman–Crippen LogP) is 3.43. The van der Waals surface area contributed by atoms with Gasteiger partial charge in [-0.05, 0) is 70.7 Å². The number of thioether (sulfide) groups is 1. The molecule has 8 heteroatoms. The van der Waals surface area contributed by atoms with Crippen LogP contribution in [0, 0.1) is 12.8 Å². The van der Waals surface area contributed by atoms with Crippen molar-refractivity contribution >= 4 is 28.6 Å². The molecule has 4 rings (SSSR count). The average Bonchev–Trinajstić information content (AvgIpc) is 3.20. The zero-order valence-electron chi connectivity index (χ0n) is 18.8. The lowest BCUT2D eigenvalue weighted by atomic mass is 10.0. The number of likely N-dealkylation sites (N-methyl/N-ethyl adjacent to an activating group) is 1. The molecule has 2 aliphatic carbocycles. The van der Waals surface area contributed by atoms with Gasteiger partial charge in [-0.3, -0.25) is 0 Å². The van der Waals surface area contributed by atoms with E-state index in [1.165, 1.54) is 5.57 Å². The summed E-state index contributed by atoms with van der Waals surface area (Å²) in [6.45, 7) is 4.02. The van der Waals surface area contributed by atoms with Crippen molar-refractivity contribution < 1.29 is 5.11 Å². The van der Waals surface area contributed by atoms with E-state index >= 15 is 0 Å². The van der Waals surface area contributed by atoms with Crippen LogP contribution < -0.4 is 10.6 Å². The molecule has 1 fully saturated rings. The topological polar surface area (TPSA) is 85.7 Å². The van der Waals surface area contributed by atoms with Crippen LogP contribution in [0.2, 0.25) is 0 Å². The Hall–Kier alpha value is -1.90. The number of aliphatic hydroxyl groups excluding tert-OH is 1. The Morgan fingerprint density at radius 2 is 2.13 bits per heavy atom. The van der Waals surface area contributed by atoms with Crippen molar-refractivity contribution in [3.05, 3.63) is 34.7 Å². The van der Waals surface area contributed by atoms with Crippen molar-refractivity contribution in [3.8, 4) is 0 Å². The largest absolute Gasteiger partial charge is 0.396 e. The highest BCUT2D eigenvalue weighted by Crippen LogP contribution is 2.35. The number of aryl methyl sites for hydroxylation is 1.